The van der Waals surface area contributed by atoms with Crippen LogP contribution in [0.15, 0.2) is 47.4 Å². The van der Waals surface area contributed by atoms with E-state index in [4.69, 9.17) is 20.2 Å². The van der Waals surface area contributed by atoms with Crippen molar-refractivity contribution in [2.75, 3.05) is 14.2 Å². The summed E-state index contributed by atoms with van der Waals surface area (Å²) in [6.45, 7) is 0. The van der Waals surface area contributed by atoms with Crippen molar-refractivity contribution in [3.63, 3.8) is 0 Å². The van der Waals surface area contributed by atoms with E-state index in [1.807, 2.05) is 30.3 Å². The maximum atomic E-state index is 11.8. The fourth-order valence-electron chi connectivity index (χ4n) is 1.98. The summed E-state index contributed by atoms with van der Waals surface area (Å²) < 4.78 is 33.9. The van der Waals surface area contributed by atoms with Crippen molar-refractivity contribution in [2.24, 2.45) is 0 Å². The van der Waals surface area contributed by atoms with E-state index in [-0.39, 0.29) is 16.4 Å². The molecule has 0 aliphatic carbocycles. The standard InChI is InChI=1S/C14H13ClO4S/c1-18-12-9-8-11(10-6-4-3-5-7-10)13(19-2)14(12)20(15,16)17/h3-9H,1-2H3. The number of hydrogen-bond acceptors (Lipinski definition) is 4. The third-order valence-corrected chi connectivity index (χ3v) is 4.17. The molecule has 0 atom stereocenters. The van der Waals surface area contributed by atoms with Crippen LogP contribution in [-0.2, 0) is 9.05 Å². The van der Waals surface area contributed by atoms with Crippen LogP contribution >= 0.6 is 10.7 Å². The Hall–Kier alpha value is -1.72. The van der Waals surface area contributed by atoms with E-state index in [9.17, 15) is 8.42 Å². The van der Waals surface area contributed by atoms with Crippen molar-refractivity contribution in [2.45, 2.75) is 4.90 Å². The van der Waals surface area contributed by atoms with Gasteiger partial charge in [0, 0.05) is 16.2 Å². The molecule has 0 amide bonds. The van der Waals surface area contributed by atoms with Crippen LogP contribution in [0.1, 0.15) is 0 Å². The first-order valence-electron chi connectivity index (χ1n) is 5.74. The van der Waals surface area contributed by atoms with Gasteiger partial charge in [-0.05, 0) is 17.7 Å². The molecule has 0 radical (unpaired) electrons. The van der Waals surface area contributed by atoms with Gasteiger partial charge in [0.25, 0.3) is 9.05 Å². The minimum absolute atomic E-state index is 0.150. The molecule has 0 bridgehead atoms. The third-order valence-electron chi connectivity index (χ3n) is 2.83. The monoisotopic (exact) mass is 312 g/mol. The molecule has 0 unspecified atom stereocenters. The van der Waals surface area contributed by atoms with E-state index in [1.54, 1.807) is 12.1 Å². The van der Waals surface area contributed by atoms with Crippen LogP contribution < -0.4 is 9.47 Å². The average molecular weight is 313 g/mol. The summed E-state index contributed by atoms with van der Waals surface area (Å²) in [5.41, 5.74) is 1.46. The molecule has 0 fully saturated rings. The van der Waals surface area contributed by atoms with E-state index in [0.717, 1.165) is 5.56 Å². The molecule has 0 heterocycles. The lowest BCUT2D eigenvalue weighted by atomic mass is 10.0. The van der Waals surface area contributed by atoms with Gasteiger partial charge in [-0.1, -0.05) is 30.3 Å². The van der Waals surface area contributed by atoms with Gasteiger partial charge < -0.3 is 9.47 Å². The molecule has 0 N–H and O–H groups in total. The Labute approximate surface area is 122 Å². The van der Waals surface area contributed by atoms with Gasteiger partial charge in [-0.25, -0.2) is 8.42 Å². The van der Waals surface area contributed by atoms with Gasteiger partial charge in [-0.2, -0.15) is 0 Å². The first-order valence-corrected chi connectivity index (χ1v) is 8.05. The second-order valence-corrected chi connectivity index (χ2v) is 6.48. The summed E-state index contributed by atoms with van der Waals surface area (Å²) in [4.78, 5) is -0.162. The third kappa shape index (κ3) is 2.73. The molecule has 0 aliphatic heterocycles. The van der Waals surface area contributed by atoms with Crippen LogP contribution in [0, 0.1) is 0 Å². The maximum absolute atomic E-state index is 11.8. The number of rotatable bonds is 4. The number of methoxy groups -OCH3 is 2. The Balaban J connectivity index is 2.80. The molecule has 2 aromatic rings. The zero-order valence-electron chi connectivity index (χ0n) is 11.0. The summed E-state index contributed by atoms with van der Waals surface area (Å²) in [6.07, 6.45) is 0. The quantitative estimate of drug-likeness (QED) is 0.813. The highest BCUT2D eigenvalue weighted by molar-refractivity contribution is 8.14. The molecule has 4 nitrogen and oxygen atoms in total. The molecule has 106 valence electrons. The molecule has 0 saturated heterocycles. The summed E-state index contributed by atoms with van der Waals surface area (Å²) >= 11 is 0. The normalized spacial score (nSPS) is 11.2. The molecule has 2 aromatic carbocycles. The van der Waals surface area contributed by atoms with Crippen molar-refractivity contribution >= 4 is 19.7 Å². The first-order chi connectivity index (χ1) is 9.49. The summed E-state index contributed by atoms with van der Waals surface area (Å²) in [5, 5.41) is 0. The van der Waals surface area contributed by atoms with Gasteiger partial charge in [0.2, 0.25) is 0 Å². The fraction of sp³-hybridized carbons (Fsp3) is 0.143. The van der Waals surface area contributed by atoms with Crippen LogP contribution in [0.2, 0.25) is 0 Å². The van der Waals surface area contributed by atoms with Gasteiger partial charge in [-0.3, -0.25) is 0 Å². The van der Waals surface area contributed by atoms with Gasteiger partial charge in [-0.15, -0.1) is 0 Å². The average Bonchev–Trinajstić information content (AvgIpc) is 2.45. The molecule has 2 rings (SSSR count). The molecule has 0 aromatic heterocycles. The number of hydrogen-bond donors (Lipinski definition) is 0. The number of ether oxygens (including phenoxy) is 2. The Morgan fingerprint density at radius 2 is 1.60 bits per heavy atom. The van der Waals surface area contributed by atoms with Crippen molar-refractivity contribution < 1.29 is 17.9 Å². The van der Waals surface area contributed by atoms with Crippen molar-refractivity contribution in [3.8, 4) is 22.6 Å². The van der Waals surface area contributed by atoms with Crippen LogP contribution in [-0.4, -0.2) is 22.6 Å². The molecule has 6 heteroatoms. The number of halogens is 1. The summed E-state index contributed by atoms with van der Waals surface area (Å²) in [6, 6.07) is 12.6. The minimum Gasteiger partial charge on any atom is -0.495 e. The van der Waals surface area contributed by atoms with E-state index in [2.05, 4.69) is 0 Å². The molecular weight excluding hydrogens is 300 g/mol. The summed E-state index contributed by atoms with van der Waals surface area (Å²) in [7, 11) is 4.27. The molecule has 0 saturated carbocycles. The lowest BCUT2D eigenvalue weighted by Crippen LogP contribution is -2.01. The van der Waals surface area contributed by atoms with E-state index in [1.165, 1.54) is 14.2 Å². The lowest BCUT2D eigenvalue weighted by Gasteiger charge is -2.15. The van der Waals surface area contributed by atoms with Crippen molar-refractivity contribution in [1.29, 1.82) is 0 Å². The van der Waals surface area contributed by atoms with Crippen LogP contribution in [0.3, 0.4) is 0 Å². The molecule has 0 aliphatic rings. The largest absolute Gasteiger partial charge is 0.495 e. The Morgan fingerprint density at radius 1 is 0.950 bits per heavy atom. The molecule has 0 spiro atoms. The smallest absolute Gasteiger partial charge is 0.268 e. The minimum atomic E-state index is -4.00. The van der Waals surface area contributed by atoms with Gasteiger partial charge in [0.15, 0.2) is 4.90 Å². The highest BCUT2D eigenvalue weighted by atomic mass is 35.7. The zero-order valence-corrected chi connectivity index (χ0v) is 12.5. The van der Waals surface area contributed by atoms with E-state index < -0.39 is 9.05 Å². The van der Waals surface area contributed by atoms with Gasteiger partial charge >= 0.3 is 0 Å². The molecule has 20 heavy (non-hydrogen) atoms. The topological polar surface area (TPSA) is 52.6 Å². The second-order valence-electron chi connectivity index (χ2n) is 3.98. The highest BCUT2D eigenvalue weighted by Gasteiger charge is 2.25. The lowest BCUT2D eigenvalue weighted by molar-refractivity contribution is 0.375. The van der Waals surface area contributed by atoms with Crippen LogP contribution in [0.5, 0.6) is 11.5 Å². The highest BCUT2D eigenvalue weighted by Crippen LogP contribution is 2.42. The van der Waals surface area contributed by atoms with Crippen LogP contribution in [0.4, 0.5) is 0 Å². The predicted molar refractivity (Wildman–Crippen MR) is 78.0 cm³/mol. The fourth-order valence-corrected chi connectivity index (χ4v) is 3.23. The maximum Gasteiger partial charge on any atom is 0.268 e. The Bertz CT molecular complexity index is 711. The Morgan fingerprint density at radius 3 is 2.10 bits per heavy atom. The number of benzene rings is 2. The molecular formula is C14H13ClO4S. The first kappa shape index (κ1) is 14.7. The Kier molecular flexibility index (Phi) is 4.20. The van der Waals surface area contributed by atoms with Crippen molar-refractivity contribution in [1.82, 2.24) is 0 Å². The van der Waals surface area contributed by atoms with E-state index >= 15 is 0 Å². The van der Waals surface area contributed by atoms with Gasteiger partial charge in [0.1, 0.15) is 11.5 Å². The van der Waals surface area contributed by atoms with Gasteiger partial charge in [0.05, 0.1) is 14.2 Å². The van der Waals surface area contributed by atoms with E-state index in [0.29, 0.717) is 5.56 Å². The summed E-state index contributed by atoms with van der Waals surface area (Å²) in [5.74, 6) is 0.321. The second kappa shape index (κ2) is 5.73. The predicted octanol–water partition coefficient (Wildman–Crippen LogP) is 3.30. The SMILES string of the molecule is COc1ccc(-c2ccccc2)c(OC)c1S(=O)(=O)Cl. The van der Waals surface area contributed by atoms with Crippen LogP contribution in [0.25, 0.3) is 11.1 Å². The zero-order chi connectivity index (χ0) is 14.8. The van der Waals surface area contributed by atoms with Crippen molar-refractivity contribution in [3.05, 3.63) is 42.5 Å².